The maximum atomic E-state index is 13.2. The quantitative estimate of drug-likeness (QED) is 0.647. The van der Waals surface area contributed by atoms with Gasteiger partial charge in [0.25, 0.3) is 0 Å². The second-order valence-electron chi connectivity index (χ2n) is 3.46. The van der Waals surface area contributed by atoms with Gasteiger partial charge in [0.1, 0.15) is 11.6 Å². The van der Waals surface area contributed by atoms with Gasteiger partial charge in [-0.2, -0.15) is 0 Å². The summed E-state index contributed by atoms with van der Waals surface area (Å²) in [5, 5.41) is 5.40. The smallest absolute Gasteiger partial charge is 0.233 e. The molecule has 1 amide bonds. The van der Waals surface area contributed by atoms with Crippen molar-refractivity contribution >= 4 is 27.5 Å². The summed E-state index contributed by atoms with van der Waals surface area (Å²) < 4.78 is 25.8. The molecule has 1 aromatic carbocycles. The van der Waals surface area contributed by atoms with Gasteiger partial charge in [-0.25, -0.2) is 8.78 Å². The number of amides is 1. The summed E-state index contributed by atoms with van der Waals surface area (Å²) in [6.07, 6.45) is 0. The van der Waals surface area contributed by atoms with E-state index in [0.29, 0.717) is 13.1 Å². The molecule has 17 heavy (non-hydrogen) atoms. The predicted octanol–water partition coefficient (Wildman–Crippen LogP) is 2.28. The highest BCUT2D eigenvalue weighted by atomic mass is 79.9. The number of rotatable bonds is 5. The Kier molecular flexibility index (Phi) is 5.34. The Morgan fingerprint density at radius 3 is 2.71 bits per heavy atom. The molecule has 0 aliphatic carbocycles. The number of anilines is 1. The summed E-state index contributed by atoms with van der Waals surface area (Å²) in [6.45, 7) is 2.45. The molecule has 0 radical (unpaired) electrons. The second-order valence-corrected chi connectivity index (χ2v) is 4.83. The van der Waals surface area contributed by atoms with E-state index in [1.54, 1.807) is 6.92 Å². The third-order valence-electron chi connectivity index (χ3n) is 2.03. The molecule has 0 heterocycles. The number of hydrogen-bond acceptors (Lipinski definition) is 2. The zero-order valence-electron chi connectivity index (χ0n) is 9.27. The number of nitrogens with one attached hydrogen (secondary N) is 2. The molecular formula is C11H13BrF2N2O. The molecule has 6 heteroatoms. The lowest BCUT2D eigenvalue weighted by molar-refractivity contribution is -0.120. The Balaban J connectivity index is 2.34. The molecular weight excluding hydrogens is 294 g/mol. The zero-order valence-corrected chi connectivity index (χ0v) is 10.9. The molecule has 3 nitrogen and oxygen atoms in total. The van der Waals surface area contributed by atoms with Gasteiger partial charge in [0.2, 0.25) is 5.91 Å². The van der Waals surface area contributed by atoms with E-state index in [2.05, 4.69) is 26.6 Å². The molecule has 0 saturated carbocycles. The standard InChI is InChI=1S/C11H13BrF2N2O/c1-7(12)11(17)16-5-4-15-10-3-2-8(13)6-9(10)14/h2-3,6-7,15H,4-5H2,1H3,(H,16,17). The lowest BCUT2D eigenvalue weighted by Gasteiger charge is -2.09. The van der Waals surface area contributed by atoms with Crippen LogP contribution in [0.4, 0.5) is 14.5 Å². The minimum absolute atomic E-state index is 0.133. The highest BCUT2D eigenvalue weighted by molar-refractivity contribution is 9.10. The summed E-state index contributed by atoms with van der Waals surface area (Å²) in [4.78, 5) is 10.9. The van der Waals surface area contributed by atoms with Gasteiger partial charge in [-0.1, -0.05) is 15.9 Å². The van der Waals surface area contributed by atoms with Crippen LogP contribution in [0.15, 0.2) is 18.2 Å². The molecule has 0 bridgehead atoms. The van der Waals surface area contributed by atoms with Crippen molar-refractivity contribution < 1.29 is 13.6 Å². The van der Waals surface area contributed by atoms with Gasteiger partial charge >= 0.3 is 0 Å². The van der Waals surface area contributed by atoms with Crippen molar-refractivity contribution in [2.75, 3.05) is 18.4 Å². The van der Waals surface area contributed by atoms with Crippen molar-refractivity contribution in [3.8, 4) is 0 Å². The van der Waals surface area contributed by atoms with Gasteiger partial charge in [-0.15, -0.1) is 0 Å². The maximum absolute atomic E-state index is 13.2. The minimum Gasteiger partial charge on any atom is -0.381 e. The van der Waals surface area contributed by atoms with Crippen LogP contribution in [0.2, 0.25) is 0 Å². The maximum Gasteiger partial charge on any atom is 0.233 e. The molecule has 0 fully saturated rings. The van der Waals surface area contributed by atoms with Crippen molar-refractivity contribution in [2.24, 2.45) is 0 Å². The minimum atomic E-state index is -0.648. The van der Waals surface area contributed by atoms with Crippen LogP contribution in [0, 0.1) is 11.6 Å². The van der Waals surface area contributed by atoms with Crippen LogP contribution >= 0.6 is 15.9 Å². The molecule has 0 spiro atoms. The average Bonchev–Trinajstić information content (AvgIpc) is 2.26. The second kappa shape index (κ2) is 6.54. The van der Waals surface area contributed by atoms with Crippen molar-refractivity contribution in [1.82, 2.24) is 5.32 Å². The molecule has 0 aliphatic heterocycles. The van der Waals surface area contributed by atoms with Gasteiger partial charge in [0, 0.05) is 19.2 Å². The molecule has 0 aliphatic rings. The molecule has 1 atom stereocenters. The molecule has 2 N–H and O–H groups in total. The van der Waals surface area contributed by atoms with E-state index in [-0.39, 0.29) is 16.4 Å². The Bertz CT molecular complexity index is 399. The van der Waals surface area contributed by atoms with Crippen LogP contribution in [0.3, 0.4) is 0 Å². The lowest BCUT2D eigenvalue weighted by Crippen LogP contribution is -2.33. The lowest BCUT2D eigenvalue weighted by atomic mass is 10.3. The van der Waals surface area contributed by atoms with Gasteiger partial charge in [0.15, 0.2) is 0 Å². The number of hydrogen-bond donors (Lipinski definition) is 2. The molecule has 1 aromatic rings. The van der Waals surface area contributed by atoms with Crippen LogP contribution in [0.25, 0.3) is 0 Å². The highest BCUT2D eigenvalue weighted by Gasteiger charge is 2.07. The van der Waals surface area contributed by atoms with Gasteiger partial charge in [-0.05, 0) is 19.1 Å². The van der Waals surface area contributed by atoms with Crippen molar-refractivity contribution in [3.63, 3.8) is 0 Å². The van der Waals surface area contributed by atoms with Crippen molar-refractivity contribution in [3.05, 3.63) is 29.8 Å². The first-order valence-corrected chi connectivity index (χ1v) is 6.03. The van der Waals surface area contributed by atoms with E-state index in [1.165, 1.54) is 12.1 Å². The fourth-order valence-corrected chi connectivity index (χ4v) is 1.32. The van der Waals surface area contributed by atoms with E-state index in [1.807, 2.05) is 0 Å². The number of carbonyl (C=O) groups is 1. The molecule has 1 rings (SSSR count). The summed E-state index contributed by atoms with van der Waals surface area (Å²) in [5.41, 5.74) is 0.215. The number of carbonyl (C=O) groups excluding carboxylic acids is 1. The van der Waals surface area contributed by atoms with E-state index in [4.69, 9.17) is 0 Å². The Labute approximate surface area is 107 Å². The van der Waals surface area contributed by atoms with Crippen LogP contribution in [-0.4, -0.2) is 23.8 Å². The number of halogens is 3. The fourth-order valence-electron chi connectivity index (χ4n) is 1.16. The Hall–Kier alpha value is -1.17. The van der Waals surface area contributed by atoms with Crippen molar-refractivity contribution in [2.45, 2.75) is 11.8 Å². The normalized spacial score (nSPS) is 12.0. The Morgan fingerprint density at radius 2 is 2.12 bits per heavy atom. The van der Waals surface area contributed by atoms with Crippen LogP contribution in [-0.2, 0) is 4.79 Å². The average molecular weight is 307 g/mol. The molecule has 1 unspecified atom stereocenters. The first kappa shape index (κ1) is 13.9. The fraction of sp³-hybridized carbons (Fsp3) is 0.364. The summed E-state index contributed by atoms with van der Waals surface area (Å²) >= 11 is 3.12. The molecule has 94 valence electrons. The van der Waals surface area contributed by atoms with Crippen LogP contribution < -0.4 is 10.6 Å². The van der Waals surface area contributed by atoms with Crippen LogP contribution in [0.1, 0.15) is 6.92 Å². The SMILES string of the molecule is CC(Br)C(=O)NCCNc1ccc(F)cc1F. The number of alkyl halides is 1. The predicted molar refractivity (Wildman–Crippen MR) is 66.2 cm³/mol. The molecule has 0 aromatic heterocycles. The van der Waals surface area contributed by atoms with Gasteiger partial charge < -0.3 is 10.6 Å². The van der Waals surface area contributed by atoms with Gasteiger partial charge in [-0.3, -0.25) is 4.79 Å². The largest absolute Gasteiger partial charge is 0.381 e. The number of benzene rings is 1. The topological polar surface area (TPSA) is 41.1 Å². The summed E-state index contributed by atoms with van der Waals surface area (Å²) in [5.74, 6) is -1.40. The third kappa shape index (κ3) is 4.68. The van der Waals surface area contributed by atoms with E-state index >= 15 is 0 Å². The first-order chi connectivity index (χ1) is 8.00. The monoisotopic (exact) mass is 306 g/mol. The third-order valence-corrected chi connectivity index (χ3v) is 2.45. The summed E-state index contributed by atoms with van der Waals surface area (Å²) in [6, 6.07) is 3.30. The van der Waals surface area contributed by atoms with Crippen molar-refractivity contribution in [1.29, 1.82) is 0 Å². The Morgan fingerprint density at radius 1 is 1.41 bits per heavy atom. The highest BCUT2D eigenvalue weighted by Crippen LogP contribution is 2.14. The van der Waals surface area contributed by atoms with Gasteiger partial charge in [0.05, 0.1) is 10.5 Å². The van der Waals surface area contributed by atoms with E-state index in [0.717, 1.165) is 6.07 Å². The summed E-state index contributed by atoms with van der Waals surface area (Å²) in [7, 11) is 0. The first-order valence-electron chi connectivity index (χ1n) is 5.11. The van der Waals surface area contributed by atoms with E-state index < -0.39 is 11.6 Å². The van der Waals surface area contributed by atoms with E-state index in [9.17, 15) is 13.6 Å². The molecule has 0 saturated heterocycles. The van der Waals surface area contributed by atoms with Crippen LogP contribution in [0.5, 0.6) is 0 Å². The zero-order chi connectivity index (χ0) is 12.8.